The van der Waals surface area contributed by atoms with Crippen LogP contribution in [0.5, 0.6) is 0 Å². The summed E-state index contributed by atoms with van der Waals surface area (Å²) in [5, 5.41) is 2.34. The number of hydrogen-bond acceptors (Lipinski definition) is 5. The summed E-state index contributed by atoms with van der Waals surface area (Å²) >= 11 is 0. The van der Waals surface area contributed by atoms with Gasteiger partial charge in [0.15, 0.2) is 23.3 Å². The topological polar surface area (TPSA) is 69.4 Å². The summed E-state index contributed by atoms with van der Waals surface area (Å²) in [5.74, 6) is 2.41. The van der Waals surface area contributed by atoms with Crippen molar-refractivity contribution in [1.29, 1.82) is 0 Å². The van der Waals surface area contributed by atoms with Crippen LogP contribution in [0.25, 0.3) is 107 Å². The maximum Gasteiger partial charge on any atom is 0.164 e. The van der Waals surface area contributed by atoms with Crippen LogP contribution in [-0.2, 0) is 0 Å². The molecule has 0 saturated carbocycles. The van der Waals surface area contributed by atoms with E-state index in [0.29, 0.717) is 23.3 Å². The molecule has 0 radical (unpaired) electrons. The Bertz CT molecular complexity index is 3280. The van der Waals surface area contributed by atoms with Gasteiger partial charge >= 0.3 is 0 Å². The minimum Gasteiger partial charge on any atom is -0.309 e. The second-order valence-corrected chi connectivity index (χ2v) is 15.4. The summed E-state index contributed by atoms with van der Waals surface area (Å²) < 4.78 is 2.37. The highest BCUT2D eigenvalue weighted by Crippen LogP contribution is 2.40. The van der Waals surface area contributed by atoms with Crippen LogP contribution in [0.1, 0.15) is 5.56 Å². The monoisotopic (exact) mass is 794 g/mol. The average molecular weight is 795 g/mol. The molecule has 3 heterocycles. The molecular weight excluding hydrogens is 757 g/mol. The third-order valence-corrected chi connectivity index (χ3v) is 11.4. The molecule has 0 atom stereocenters. The third-order valence-electron chi connectivity index (χ3n) is 11.4. The molecule has 0 amide bonds. The molecule has 8 aromatic carbocycles. The van der Waals surface area contributed by atoms with E-state index >= 15 is 0 Å². The van der Waals surface area contributed by atoms with Crippen LogP contribution in [0, 0.1) is 6.92 Å². The van der Waals surface area contributed by atoms with Crippen molar-refractivity contribution >= 4 is 21.8 Å². The number of rotatable bonds is 8. The highest BCUT2D eigenvalue weighted by atomic mass is 15.0. The first kappa shape index (κ1) is 36.7. The molecule has 292 valence electrons. The molecular formula is C56H38N6. The molecule has 0 aliphatic carbocycles. The van der Waals surface area contributed by atoms with E-state index < -0.39 is 0 Å². The van der Waals surface area contributed by atoms with Gasteiger partial charge in [-0.1, -0.05) is 170 Å². The first-order chi connectivity index (χ1) is 30.6. The molecule has 0 fully saturated rings. The molecule has 0 saturated heterocycles. The van der Waals surface area contributed by atoms with Crippen LogP contribution in [0.2, 0.25) is 0 Å². The van der Waals surface area contributed by atoms with Crippen molar-refractivity contribution in [3.05, 3.63) is 218 Å². The Morgan fingerprint density at radius 3 is 1.42 bits per heavy atom. The highest BCUT2D eigenvalue weighted by molar-refractivity contribution is 6.11. The van der Waals surface area contributed by atoms with Gasteiger partial charge in [-0.25, -0.2) is 24.9 Å². The predicted octanol–water partition coefficient (Wildman–Crippen LogP) is 13.7. The Labute approximate surface area is 359 Å². The highest BCUT2D eigenvalue weighted by Gasteiger charge is 2.21. The van der Waals surface area contributed by atoms with E-state index in [-0.39, 0.29) is 0 Å². The summed E-state index contributed by atoms with van der Waals surface area (Å²) in [4.78, 5) is 25.8. The first-order valence-electron chi connectivity index (χ1n) is 20.8. The Morgan fingerprint density at radius 2 is 0.790 bits per heavy atom. The maximum atomic E-state index is 5.38. The molecule has 6 nitrogen and oxygen atoms in total. The van der Waals surface area contributed by atoms with Gasteiger partial charge in [0.25, 0.3) is 0 Å². The number of benzene rings is 8. The Hall–Kier alpha value is -8.35. The lowest BCUT2D eigenvalue weighted by atomic mass is 9.99. The molecule has 11 aromatic rings. The van der Waals surface area contributed by atoms with Crippen molar-refractivity contribution in [2.45, 2.75) is 6.92 Å². The number of nitrogens with zero attached hydrogens (tertiary/aromatic N) is 6. The second kappa shape index (κ2) is 15.7. The SMILES string of the molecule is Cc1ccccc1-c1ccc2c(c1)c1ccccc1n2-c1ccc(-c2nc(-c3ccccc3)nc(-c3ccccc3)n2)cc1-c1cc(-c2ccccc2)nc(-c2ccccc2)n1. The fraction of sp³-hybridized carbons (Fsp3) is 0.0179. The van der Waals surface area contributed by atoms with Gasteiger partial charge in [-0.15, -0.1) is 0 Å². The van der Waals surface area contributed by atoms with Gasteiger partial charge in [-0.05, 0) is 66.1 Å². The van der Waals surface area contributed by atoms with Crippen LogP contribution < -0.4 is 0 Å². The smallest absolute Gasteiger partial charge is 0.164 e. The minimum atomic E-state index is 0.566. The Morgan fingerprint density at radius 1 is 0.306 bits per heavy atom. The molecule has 62 heavy (non-hydrogen) atoms. The van der Waals surface area contributed by atoms with Gasteiger partial charge in [0.05, 0.1) is 28.1 Å². The van der Waals surface area contributed by atoms with Crippen LogP contribution in [0.3, 0.4) is 0 Å². The lowest BCUT2D eigenvalue weighted by Crippen LogP contribution is -2.03. The Balaban J connectivity index is 1.20. The number of aromatic nitrogens is 6. The zero-order valence-corrected chi connectivity index (χ0v) is 33.9. The van der Waals surface area contributed by atoms with E-state index in [2.05, 4.69) is 127 Å². The van der Waals surface area contributed by atoms with Crippen LogP contribution in [0.4, 0.5) is 0 Å². The fourth-order valence-electron chi connectivity index (χ4n) is 8.37. The molecule has 0 spiro atoms. The standard InChI is InChI=1S/C56H38N6/c1-37-18-14-15-27-44(37)42-30-32-51-46(34-42)45-28-16-17-29-50(45)62(51)52-33-31-43(56-60-54(40-23-10-4-11-24-40)59-55(61-56)41-25-12-5-13-26-41)35-47(52)49-36-48(38-19-6-2-7-20-38)57-53(58-49)39-21-8-3-9-22-39/h2-36H,1H3. The summed E-state index contributed by atoms with van der Waals surface area (Å²) in [6.07, 6.45) is 0. The van der Waals surface area contributed by atoms with Gasteiger partial charge in [0.2, 0.25) is 0 Å². The predicted molar refractivity (Wildman–Crippen MR) is 253 cm³/mol. The zero-order chi connectivity index (χ0) is 41.4. The molecule has 0 N–H and O–H groups in total. The molecule has 6 heteroatoms. The quantitative estimate of drug-likeness (QED) is 0.153. The minimum absolute atomic E-state index is 0.566. The van der Waals surface area contributed by atoms with E-state index in [0.717, 1.165) is 61.5 Å². The van der Waals surface area contributed by atoms with Gasteiger partial charge < -0.3 is 4.57 Å². The summed E-state index contributed by atoms with van der Waals surface area (Å²) in [6, 6.07) is 73.3. The Kier molecular flexibility index (Phi) is 9.28. The lowest BCUT2D eigenvalue weighted by Gasteiger charge is -2.17. The molecule has 0 aliphatic heterocycles. The zero-order valence-electron chi connectivity index (χ0n) is 33.9. The molecule has 11 rings (SSSR count). The van der Waals surface area contributed by atoms with Crippen LogP contribution >= 0.6 is 0 Å². The number of aryl methyl sites for hydroxylation is 1. The van der Waals surface area contributed by atoms with Crippen molar-refractivity contribution in [3.8, 4) is 84.9 Å². The largest absolute Gasteiger partial charge is 0.309 e. The van der Waals surface area contributed by atoms with Crippen molar-refractivity contribution in [1.82, 2.24) is 29.5 Å². The van der Waals surface area contributed by atoms with E-state index in [4.69, 9.17) is 24.9 Å². The second-order valence-electron chi connectivity index (χ2n) is 15.4. The van der Waals surface area contributed by atoms with E-state index in [1.807, 2.05) is 97.1 Å². The third kappa shape index (κ3) is 6.79. The van der Waals surface area contributed by atoms with Crippen molar-refractivity contribution < 1.29 is 0 Å². The number of para-hydroxylation sites is 1. The van der Waals surface area contributed by atoms with Crippen molar-refractivity contribution in [3.63, 3.8) is 0 Å². The molecule has 0 bridgehead atoms. The molecule has 0 aliphatic rings. The summed E-state index contributed by atoms with van der Waals surface area (Å²) in [6.45, 7) is 2.17. The first-order valence-corrected chi connectivity index (χ1v) is 20.8. The van der Waals surface area contributed by atoms with Crippen LogP contribution in [-0.4, -0.2) is 29.5 Å². The van der Waals surface area contributed by atoms with Crippen LogP contribution in [0.15, 0.2) is 212 Å². The van der Waals surface area contributed by atoms with Gasteiger partial charge in [0.1, 0.15) is 0 Å². The molecule has 3 aromatic heterocycles. The van der Waals surface area contributed by atoms with Crippen molar-refractivity contribution in [2.75, 3.05) is 0 Å². The summed E-state index contributed by atoms with van der Waals surface area (Å²) in [7, 11) is 0. The number of fused-ring (bicyclic) bond motifs is 3. The maximum absolute atomic E-state index is 5.38. The summed E-state index contributed by atoms with van der Waals surface area (Å²) in [5.41, 5.74) is 13.9. The van der Waals surface area contributed by atoms with Gasteiger partial charge in [-0.2, -0.15) is 0 Å². The lowest BCUT2D eigenvalue weighted by molar-refractivity contribution is 1.07. The van der Waals surface area contributed by atoms with E-state index in [1.54, 1.807) is 0 Å². The van der Waals surface area contributed by atoms with E-state index in [1.165, 1.54) is 27.5 Å². The van der Waals surface area contributed by atoms with E-state index in [9.17, 15) is 0 Å². The van der Waals surface area contributed by atoms with Gasteiger partial charge in [-0.3, -0.25) is 0 Å². The fourth-order valence-corrected chi connectivity index (χ4v) is 8.37. The van der Waals surface area contributed by atoms with Crippen molar-refractivity contribution in [2.24, 2.45) is 0 Å². The number of hydrogen-bond donors (Lipinski definition) is 0. The normalized spacial score (nSPS) is 11.3. The molecule has 0 unspecified atom stereocenters. The van der Waals surface area contributed by atoms with Gasteiger partial charge in [0, 0.05) is 44.2 Å². The average Bonchev–Trinajstić information content (AvgIpc) is 3.68.